The molecule has 0 fully saturated rings. The van der Waals surface area contributed by atoms with Gasteiger partial charge in [-0.1, -0.05) is 18.2 Å². The van der Waals surface area contributed by atoms with Crippen molar-refractivity contribution in [1.82, 2.24) is 0 Å². The van der Waals surface area contributed by atoms with Gasteiger partial charge in [-0.3, -0.25) is 0 Å². The Kier molecular flexibility index (Phi) is 3.79. The van der Waals surface area contributed by atoms with Crippen molar-refractivity contribution < 1.29 is 14.2 Å². The SMILES string of the molecule is Nc1ccccc1-c1cc(F)cc(OCCO)c1. The van der Waals surface area contributed by atoms with Gasteiger partial charge in [-0.05, 0) is 23.8 Å². The summed E-state index contributed by atoms with van der Waals surface area (Å²) in [4.78, 5) is 0. The summed E-state index contributed by atoms with van der Waals surface area (Å²) in [6.07, 6.45) is 0. The predicted octanol–water partition coefficient (Wildman–Crippen LogP) is 2.45. The molecule has 4 heteroatoms. The molecule has 2 rings (SSSR count). The lowest BCUT2D eigenvalue weighted by Gasteiger charge is -2.09. The fourth-order valence-corrected chi connectivity index (χ4v) is 1.72. The van der Waals surface area contributed by atoms with Crippen LogP contribution in [0.25, 0.3) is 11.1 Å². The van der Waals surface area contributed by atoms with E-state index in [1.54, 1.807) is 12.1 Å². The molecule has 2 aromatic rings. The van der Waals surface area contributed by atoms with Gasteiger partial charge in [0, 0.05) is 17.3 Å². The Balaban J connectivity index is 2.39. The maximum absolute atomic E-state index is 13.5. The first-order valence-corrected chi connectivity index (χ1v) is 5.60. The summed E-state index contributed by atoms with van der Waals surface area (Å²) in [7, 11) is 0. The zero-order valence-electron chi connectivity index (χ0n) is 9.77. The molecule has 0 atom stereocenters. The number of aliphatic hydroxyl groups excluding tert-OH is 1. The highest BCUT2D eigenvalue weighted by atomic mass is 19.1. The standard InChI is InChI=1S/C14H14FNO2/c15-11-7-10(8-12(9-11)18-6-5-17)13-3-1-2-4-14(13)16/h1-4,7-9,17H,5-6,16H2. The van der Waals surface area contributed by atoms with Crippen molar-refractivity contribution in [3.05, 3.63) is 48.3 Å². The molecular weight excluding hydrogens is 233 g/mol. The third-order valence-electron chi connectivity index (χ3n) is 2.50. The van der Waals surface area contributed by atoms with E-state index in [0.29, 0.717) is 17.0 Å². The van der Waals surface area contributed by atoms with E-state index in [2.05, 4.69) is 0 Å². The molecule has 3 N–H and O–H groups in total. The second-order valence-corrected chi connectivity index (χ2v) is 3.83. The van der Waals surface area contributed by atoms with Crippen molar-refractivity contribution in [3.8, 4) is 16.9 Å². The van der Waals surface area contributed by atoms with Gasteiger partial charge >= 0.3 is 0 Å². The van der Waals surface area contributed by atoms with E-state index in [1.165, 1.54) is 12.1 Å². The summed E-state index contributed by atoms with van der Waals surface area (Å²) in [6, 6.07) is 11.6. The van der Waals surface area contributed by atoms with Gasteiger partial charge in [0.2, 0.25) is 0 Å². The van der Waals surface area contributed by atoms with Gasteiger partial charge in [-0.2, -0.15) is 0 Å². The Labute approximate surface area is 105 Å². The van der Waals surface area contributed by atoms with Crippen LogP contribution in [0.2, 0.25) is 0 Å². The summed E-state index contributed by atoms with van der Waals surface area (Å²) in [5.74, 6) is -0.0222. The highest BCUT2D eigenvalue weighted by molar-refractivity contribution is 5.76. The Hall–Kier alpha value is -2.07. The summed E-state index contributed by atoms with van der Waals surface area (Å²) in [6.45, 7) is 0.0203. The minimum atomic E-state index is -0.399. The lowest BCUT2D eigenvalue weighted by atomic mass is 10.0. The number of nitrogens with two attached hydrogens (primary N) is 1. The van der Waals surface area contributed by atoms with Crippen LogP contribution in [0, 0.1) is 5.82 Å². The summed E-state index contributed by atoms with van der Waals surface area (Å²) in [5, 5.41) is 8.69. The molecular formula is C14H14FNO2. The van der Waals surface area contributed by atoms with E-state index >= 15 is 0 Å². The fourth-order valence-electron chi connectivity index (χ4n) is 1.72. The number of anilines is 1. The molecule has 18 heavy (non-hydrogen) atoms. The number of hydrogen-bond acceptors (Lipinski definition) is 3. The molecule has 0 saturated heterocycles. The molecule has 0 heterocycles. The van der Waals surface area contributed by atoms with Crippen LogP contribution in [0.3, 0.4) is 0 Å². The maximum atomic E-state index is 13.5. The summed E-state index contributed by atoms with van der Waals surface area (Å²) >= 11 is 0. The lowest BCUT2D eigenvalue weighted by molar-refractivity contribution is 0.201. The minimum Gasteiger partial charge on any atom is -0.491 e. The first kappa shape index (κ1) is 12.4. The average molecular weight is 247 g/mol. The molecule has 2 aromatic carbocycles. The number of hydrogen-bond donors (Lipinski definition) is 2. The molecule has 0 aliphatic heterocycles. The molecule has 0 aromatic heterocycles. The number of benzene rings is 2. The number of ether oxygens (including phenoxy) is 1. The molecule has 94 valence electrons. The number of para-hydroxylation sites is 1. The van der Waals surface area contributed by atoms with E-state index in [-0.39, 0.29) is 13.2 Å². The van der Waals surface area contributed by atoms with Crippen LogP contribution < -0.4 is 10.5 Å². The first-order valence-electron chi connectivity index (χ1n) is 5.60. The van der Waals surface area contributed by atoms with Crippen LogP contribution in [0.4, 0.5) is 10.1 Å². The zero-order chi connectivity index (χ0) is 13.0. The Morgan fingerprint density at radius 1 is 1.17 bits per heavy atom. The molecule has 0 bridgehead atoms. The largest absolute Gasteiger partial charge is 0.491 e. The summed E-state index contributed by atoms with van der Waals surface area (Å²) in [5.41, 5.74) is 7.84. The van der Waals surface area contributed by atoms with E-state index in [0.717, 1.165) is 5.56 Å². The first-order chi connectivity index (χ1) is 8.70. The van der Waals surface area contributed by atoms with Gasteiger partial charge in [0.25, 0.3) is 0 Å². The van der Waals surface area contributed by atoms with Crippen LogP contribution in [-0.4, -0.2) is 18.3 Å². The lowest BCUT2D eigenvalue weighted by Crippen LogP contribution is -2.02. The van der Waals surface area contributed by atoms with Gasteiger partial charge in [0.05, 0.1) is 6.61 Å². The number of halogens is 1. The van der Waals surface area contributed by atoms with Gasteiger partial charge in [0.15, 0.2) is 0 Å². The van der Waals surface area contributed by atoms with E-state index in [4.69, 9.17) is 15.6 Å². The third-order valence-corrected chi connectivity index (χ3v) is 2.50. The maximum Gasteiger partial charge on any atom is 0.127 e. The molecule has 0 aliphatic carbocycles. The topological polar surface area (TPSA) is 55.5 Å². The Bertz CT molecular complexity index is 543. The third kappa shape index (κ3) is 2.78. The van der Waals surface area contributed by atoms with Crippen LogP contribution in [0.15, 0.2) is 42.5 Å². The minimum absolute atomic E-state index is 0.112. The smallest absolute Gasteiger partial charge is 0.127 e. The van der Waals surface area contributed by atoms with Crippen LogP contribution >= 0.6 is 0 Å². The Morgan fingerprint density at radius 2 is 1.94 bits per heavy atom. The summed E-state index contributed by atoms with van der Waals surface area (Å²) < 4.78 is 18.7. The van der Waals surface area contributed by atoms with Crippen molar-refractivity contribution in [3.63, 3.8) is 0 Å². The van der Waals surface area contributed by atoms with Gasteiger partial charge in [-0.25, -0.2) is 4.39 Å². The molecule has 0 radical (unpaired) electrons. The second kappa shape index (κ2) is 5.51. The van der Waals surface area contributed by atoms with Gasteiger partial charge in [-0.15, -0.1) is 0 Å². The quantitative estimate of drug-likeness (QED) is 0.816. The number of rotatable bonds is 4. The highest BCUT2D eigenvalue weighted by Crippen LogP contribution is 2.29. The highest BCUT2D eigenvalue weighted by Gasteiger charge is 2.06. The Morgan fingerprint density at radius 3 is 2.67 bits per heavy atom. The normalized spacial score (nSPS) is 10.3. The molecule has 0 saturated carbocycles. The monoisotopic (exact) mass is 247 g/mol. The van der Waals surface area contributed by atoms with Gasteiger partial charge < -0.3 is 15.6 Å². The second-order valence-electron chi connectivity index (χ2n) is 3.83. The van der Waals surface area contributed by atoms with Crippen molar-refractivity contribution >= 4 is 5.69 Å². The van der Waals surface area contributed by atoms with Crippen LogP contribution in [0.1, 0.15) is 0 Å². The molecule has 0 aliphatic rings. The van der Waals surface area contributed by atoms with E-state index in [1.807, 2.05) is 18.2 Å². The van der Waals surface area contributed by atoms with Crippen LogP contribution in [-0.2, 0) is 0 Å². The van der Waals surface area contributed by atoms with Crippen molar-refractivity contribution in [2.75, 3.05) is 18.9 Å². The van der Waals surface area contributed by atoms with Crippen molar-refractivity contribution in [1.29, 1.82) is 0 Å². The van der Waals surface area contributed by atoms with E-state index in [9.17, 15) is 4.39 Å². The molecule has 0 unspecified atom stereocenters. The molecule has 0 spiro atoms. The molecule has 3 nitrogen and oxygen atoms in total. The number of nitrogen functional groups attached to an aromatic ring is 1. The van der Waals surface area contributed by atoms with Crippen molar-refractivity contribution in [2.45, 2.75) is 0 Å². The predicted molar refractivity (Wildman–Crippen MR) is 68.8 cm³/mol. The zero-order valence-corrected chi connectivity index (χ0v) is 9.77. The van der Waals surface area contributed by atoms with Crippen LogP contribution in [0.5, 0.6) is 5.75 Å². The average Bonchev–Trinajstić information content (AvgIpc) is 2.36. The van der Waals surface area contributed by atoms with Crippen molar-refractivity contribution in [2.24, 2.45) is 0 Å². The number of aliphatic hydroxyl groups is 1. The molecule has 0 amide bonds. The fraction of sp³-hybridized carbons (Fsp3) is 0.143. The van der Waals surface area contributed by atoms with E-state index < -0.39 is 5.82 Å². The van der Waals surface area contributed by atoms with Gasteiger partial charge in [0.1, 0.15) is 18.2 Å².